The van der Waals surface area contributed by atoms with Crippen LogP contribution in [-0.4, -0.2) is 12.8 Å². The first kappa shape index (κ1) is 16.5. The zero-order chi connectivity index (χ0) is 14.6. The Hall–Kier alpha value is -1.51. The van der Waals surface area contributed by atoms with E-state index in [2.05, 4.69) is 6.92 Å². The maximum absolute atomic E-state index is 11.2. The lowest BCUT2D eigenvalue weighted by molar-refractivity contribution is 0.104. The zero-order valence-corrected chi connectivity index (χ0v) is 12.7. The van der Waals surface area contributed by atoms with Crippen LogP contribution >= 0.6 is 0 Å². The Balaban J connectivity index is 2.23. The highest BCUT2D eigenvalue weighted by Gasteiger charge is 2.04. The fraction of sp³-hybridized carbons (Fsp3) is 0.588. The summed E-state index contributed by atoms with van der Waals surface area (Å²) in [4.78, 5) is 11.2. The van der Waals surface area contributed by atoms with Crippen molar-refractivity contribution in [3.05, 3.63) is 29.8 Å². The maximum Gasteiger partial charge on any atom is 0.513 e. The summed E-state index contributed by atoms with van der Waals surface area (Å²) in [6.45, 7) is 4.32. The van der Waals surface area contributed by atoms with Crippen molar-refractivity contribution >= 4 is 6.16 Å². The van der Waals surface area contributed by atoms with Gasteiger partial charge in [-0.15, -0.1) is 0 Å². The van der Waals surface area contributed by atoms with Crippen LogP contribution < -0.4 is 4.74 Å². The van der Waals surface area contributed by atoms with Gasteiger partial charge in [-0.25, -0.2) is 4.79 Å². The van der Waals surface area contributed by atoms with E-state index >= 15 is 0 Å². The molecule has 0 radical (unpaired) electrons. The molecule has 3 nitrogen and oxygen atoms in total. The lowest BCUT2D eigenvalue weighted by Crippen LogP contribution is -2.09. The lowest BCUT2D eigenvalue weighted by atomic mass is 10.1. The Morgan fingerprint density at radius 3 is 2.25 bits per heavy atom. The average molecular weight is 278 g/mol. The summed E-state index contributed by atoms with van der Waals surface area (Å²) in [6.07, 6.45) is 8.29. The second-order valence-corrected chi connectivity index (χ2v) is 4.95. The maximum atomic E-state index is 11.2. The van der Waals surface area contributed by atoms with Crippen molar-refractivity contribution in [1.29, 1.82) is 0 Å². The highest BCUT2D eigenvalue weighted by molar-refractivity contribution is 5.63. The topological polar surface area (TPSA) is 35.5 Å². The second-order valence-electron chi connectivity index (χ2n) is 4.95. The number of carbonyl (C=O) groups is 1. The van der Waals surface area contributed by atoms with Gasteiger partial charge in [-0.3, -0.25) is 0 Å². The molecule has 20 heavy (non-hydrogen) atoms. The molecule has 0 saturated heterocycles. The molecule has 0 bridgehead atoms. The van der Waals surface area contributed by atoms with E-state index in [1.165, 1.54) is 44.1 Å². The van der Waals surface area contributed by atoms with Gasteiger partial charge in [0.2, 0.25) is 0 Å². The van der Waals surface area contributed by atoms with Crippen LogP contribution in [-0.2, 0) is 11.2 Å². The SMILES string of the molecule is CCCCCCCCc1ccc(OC(=O)OCC)cc1. The summed E-state index contributed by atoms with van der Waals surface area (Å²) in [7, 11) is 0. The number of ether oxygens (including phenoxy) is 2. The molecule has 0 atom stereocenters. The standard InChI is InChI=1S/C17H26O3/c1-3-5-6-7-8-9-10-15-11-13-16(14-12-15)20-17(18)19-4-2/h11-14H,3-10H2,1-2H3. The molecule has 1 aromatic carbocycles. The molecule has 0 aliphatic carbocycles. The molecule has 0 heterocycles. The fourth-order valence-electron chi connectivity index (χ4n) is 2.08. The molecule has 0 aliphatic rings. The van der Waals surface area contributed by atoms with Gasteiger partial charge in [0.05, 0.1) is 6.61 Å². The number of unbranched alkanes of at least 4 members (excludes halogenated alkanes) is 5. The highest BCUT2D eigenvalue weighted by Crippen LogP contribution is 2.15. The first-order valence-electron chi connectivity index (χ1n) is 7.69. The van der Waals surface area contributed by atoms with Crippen LogP contribution in [0.5, 0.6) is 5.75 Å². The number of rotatable bonds is 9. The molecule has 0 fully saturated rings. The third kappa shape index (κ3) is 7.17. The molecular formula is C17H26O3. The van der Waals surface area contributed by atoms with Gasteiger partial charge in [0.25, 0.3) is 0 Å². The number of carbonyl (C=O) groups excluding carboxylic acids is 1. The van der Waals surface area contributed by atoms with Gasteiger partial charge >= 0.3 is 6.16 Å². The van der Waals surface area contributed by atoms with Crippen LogP contribution in [0.3, 0.4) is 0 Å². The average Bonchev–Trinajstić information content (AvgIpc) is 2.45. The third-order valence-corrected chi connectivity index (χ3v) is 3.21. The van der Waals surface area contributed by atoms with Crippen molar-refractivity contribution in [1.82, 2.24) is 0 Å². The van der Waals surface area contributed by atoms with E-state index < -0.39 is 6.16 Å². The highest BCUT2D eigenvalue weighted by atomic mass is 16.7. The van der Waals surface area contributed by atoms with Crippen LogP contribution in [0.2, 0.25) is 0 Å². The van der Waals surface area contributed by atoms with Crippen LogP contribution in [0, 0.1) is 0 Å². The minimum atomic E-state index is -0.642. The molecular weight excluding hydrogens is 252 g/mol. The summed E-state index contributed by atoms with van der Waals surface area (Å²) in [5.41, 5.74) is 1.29. The molecule has 0 unspecified atom stereocenters. The molecule has 112 valence electrons. The van der Waals surface area contributed by atoms with Crippen LogP contribution in [0.15, 0.2) is 24.3 Å². The molecule has 0 N–H and O–H groups in total. The Kier molecular flexibility index (Phi) is 8.52. The number of hydrogen-bond donors (Lipinski definition) is 0. The van der Waals surface area contributed by atoms with E-state index in [9.17, 15) is 4.79 Å². The predicted octanol–water partition coefficient (Wildman–Crippen LogP) is 5.12. The molecule has 3 heteroatoms. The van der Waals surface area contributed by atoms with Crippen molar-refractivity contribution in [3.8, 4) is 5.75 Å². The van der Waals surface area contributed by atoms with Crippen LogP contribution in [0.25, 0.3) is 0 Å². The lowest BCUT2D eigenvalue weighted by Gasteiger charge is -2.05. The first-order valence-corrected chi connectivity index (χ1v) is 7.69. The summed E-state index contributed by atoms with van der Waals surface area (Å²) in [5.74, 6) is 0.537. The van der Waals surface area contributed by atoms with E-state index in [1.807, 2.05) is 24.3 Å². The summed E-state index contributed by atoms with van der Waals surface area (Å²) in [6, 6.07) is 7.67. The van der Waals surface area contributed by atoms with Gasteiger partial charge in [-0.05, 0) is 37.5 Å². The summed E-state index contributed by atoms with van der Waals surface area (Å²) >= 11 is 0. The molecule has 1 rings (SSSR count). The number of aryl methyl sites for hydroxylation is 1. The van der Waals surface area contributed by atoms with Crippen molar-refractivity contribution < 1.29 is 14.3 Å². The minimum Gasteiger partial charge on any atom is -0.434 e. The molecule has 0 spiro atoms. The fourth-order valence-corrected chi connectivity index (χ4v) is 2.08. The molecule has 0 saturated carbocycles. The molecule has 0 aromatic heterocycles. The van der Waals surface area contributed by atoms with Crippen molar-refractivity contribution in [2.45, 2.75) is 58.8 Å². The van der Waals surface area contributed by atoms with E-state index in [-0.39, 0.29) is 0 Å². The zero-order valence-electron chi connectivity index (χ0n) is 12.7. The Morgan fingerprint density at radius 2 is 1.60 bits per heavy atom. The Labute approximate surface area is 122 Å². The molecule has 0 aliphatic heterocycles. The van der Waals surface area contributed by atoms with E-state index in [4.69, 9.17) is 9.47 Å². The third-order valence-electron chi connectivity index (χ3n) is 3.21. The Bertz CT molecular complexity index is 370. The Morgan fingerprint density at radius 1 is 0.950 bits per heavy atom. The van der Waals surface area contributed by atoms with Crippen LogP contribution in [0.4, 0.5) is 4.79 Å². The van der Waals surface area contributed by atoms with Crippen LogP contribution in [0.1, 0.15) is 57.9 Å². The van der Waals surface area contributed by atoms with E-state index in [0.29, 0.717) is 12.4 Å². The summed E-state index contributed by atoms with van der Waals surface area (Å²) < 4.78 is 9.75. The van der Waals surface area contributed by atoms with E-state index in [0.717, 1.165) is 6.42 Å². The van der Waals surface area contributed by atoms with E-state index in [1.54, 1.807) is 6.92 Å². The quantitative estimate of drug-likeness (QED) is 0.357. The van der Waals surface area contributed by atoms with Gasteiger partial charge in [0, 0.05) is 0 Å². The molecule has 1 aromatic rings. The van der Waals surface area contributed by atoms with Crippen molar-refractivity contribution in [2.75, 3.05) is 6.61 Å². The van der Waals surface area contributed by atoms with Crippen molar-refractivity contribution in [2.24, 2.45) is 0 Å². The predicted molar refractivity (Wildman–Crippen MR) is 81.2 cm³/mol. The van der Waals surface area contributed by atoms with Crippen molar-refractivity contribution in [3.63, 3.8) is 0 Å². The normalized spacial score (nSPS) is 10.3. The van der Waals surface area contributed by atoms with Gasteiger partial charge in [0.1, 0.15) is 5.75 Å². The monoisotopic (exact) mass is 278 g/mol. The first-order chi connectivity index (χ1) is 9.76. The van der Waals surface area contributed by atoms with Gasteiger partial charge in [0.15, 0.2) is 0 Å². The minimum absolute atomic E-state index is 0.328. The van der Waals surface area contributed by atoms with Gasteiger partial charge in [-0.1, -0.05) is 51.2 Å². The molecule has 0 amide bonds. The second kappa shape index (κ2) is 10.3. The smallest absolute Gasteiger partial charge is 0.434 e. The largest absolute Gasteiger partial charge is 0.513 e. The number of benzene rings is 1. The van der Waals surface area contributed by atoms with Gasteiger partial charge < -0.3 is 9.47 Å². The summed E-state index contributed by atoms with van der Waals surface area (Å²) in [5, 5.41) is 0. The van der Waals surface area contributed by atoms with Gasteiger partial charge in [-0.2, -0.15) is 0 Å². The number of hydrogen-bond acceptors (Lipinski definition) is 3.